The van der Waals surface area contributed by atoms with E-state index in [0.29, 0.717) is 12.2 Å². The molecule has 1 aliphatic heterocycles. The van der Waals surface area contributed by atoms with Gasteiger partial charge in [0.15, 0.2) is 0 Å². The fourth-order valence-electron chi connectivity index (χ4n) is 2.44. The highest BCUT2D eigenvalue weighted by Gasteiger charge is 2.23. The second-order valence-corrected chi connectivity index (χ2v) is 5.26. The summed E-state index contributed by atoms with van der Waals surface area (Å²) in [5.74, 6) is -0.310. The van der Waals surface area contributed by atoms with Crippen LogP contribution in [0.5, 0.6) is 0 Å². The van der Waals surface area contributed by atoms with Crippen LogP contribution < -0.4 is 0 Å². The number of imidazole rings is 1. The number of hydrogen-bond acceptors (Lipinski definition) is 4. The minimum Gasteiger partial charge on any atom is -0.459 e. The van der Waals surface area contributed by atoms with Crippen LogP contribution in [0.25, 0.3) is 5.69 Å². The molecule has 2 atom stereocenters. The van der Waals surface area contributed by atoms with Gasteiger partial charge in [0, 0.05) is 18.1 Å². The first-order valence-electron chi connectivity index (χ1n) is 7.13. The Balaban J connectivity index is 1.57. The molecule has 0 unspecified atom stereocenters. The number of carbonyl (C=O) groups is 1. The predicted molar refractivity (Wildman–Crippen MR) is 77.4 cm³/mol. The highest BCUT2D eigenvalue weighted by atomic mass is 16.6. The van der Waals surface area contributed by atoms with Crippen molar-refractivity contribution < 1.29 is 14.3 Å². The number of aromatic nitrogens is 2. The summed E-state index contributed by atoms with van der Waals surface area (Å²) >= 11 is 0. The maximum absolute atomic E-state index is 12.0. The highest BCUT2D eigenvalue weighted by Crippen LogP contribution is 2.19. The maximum Gasteiger partial charge on any atom is 0.338 e. The Labute approximate surface area is 123 Å². The molecular formula is C16H18N2O3. The minimum absolute atomic E-state index is 0.0363. The lowest BCUT2D eigenvalue weighted by Crippen LogP contribution is -2.19. The molecule has 1 fully saturated rings. The Bertz CT molecular complexity index is 592. The van der Waals surface area contributed by atoms with Crippen molar-refractivity contribution in [2.45, 2.75) is 32.0 Å². The van der Waals surface area contributed by atoms with Gasteiger partial charge in [-0.1, -0.05) is 0 Å². The van der Waals surface area contributed by atoms with Gasteiger partial charge in [-0.15, -0.1) is 0 Å². The van der Waals surface area contributed by atoms with E-state index in [1.54, 1.807) is 24.7 Å². The smallest absolute Gasteiger partial charge is 0.338 e. The summed E-state index contributed by atoms with van der Waals surface area (Å²) in [7, 11) is 0. The molecule has 0 aliphatic carbocycles. The van der Waals surface area contributed by atoms with Crippen LogP contribution in [0.1, 0.15) is 30.1 Å². The van der Waals surface area contributed by atoms with E-state index in [-0.39, 0.29) is 18.2 Å². The van der Waals surface area contributed by atoms with Crippen LogP contribution >= 0.6 is 0 Å². The summed E-state index contributed by atoms with van der Waals surface area (Å²) in [6.07, 6.45) is 7.57. The molecule has 0 N–H and O–H groups in total. The van der Waals surface area contributed by atoms with Crippen LogP contribution in [0.3, 0.4) is 0 Å². The third-order valence-corrected chi connectivity index (χ3v) is 3.63. The quantitative estimate of drug-likeness (QED) is 0.811. The Hall–Kier alpha value is -2.14. The number of ether oxygens (including phenoxy) is 2. The molecule has 0 saturated carbocycles. The summed E-state index contributed by atoms with van der Waals surface area (Å²) < 4.78 is 12.8. The molecule has 0 radical (unpaired) electrons. The first-order valence-corrected chi connectivity index (χ1v) is 7.13. The van der Waals surface area contributed by atoms with Crippen molar-refractivity contribution in [2.24, 2.45) is 0 Å². The Morgan fingerprint density at radius 3 is 2.81 bits per heavy atom. The molecule has 110 valence electrons. The molecule has 2 heterocycles. The molecule has 5 nitrogen and oxygen atoms in total. The average molecular weight is 286 g/mol. The number of hydrogen-bond donors (Lipinski definition) is 0. The largest absolute Gasteiger partial charge is 0.459 e. The first-order chi connectivity index (χ1) is 10.2. The first kappa shape index (κ1) is 13.8. The third kappa shape index (κ3) is 3.31. The van der Waals surface area contributed by atoms with E-state index in [0.717, 1.165) is 18.5 Å². The zero-order valence-corrected chi connectivity index (χ0v) is 11.9. The molecular weight excluding hydrogens is 268 g/mol. The molecule has 0 spiro atoms. The summed E-state index contributed by atoms with van der Waals surface area (Å²) in [5.41, 5.74) is 1.50. The second kappa shape index (κ2) is 6.10. The zero-order valence-electron chi connectivity index (χ0n) is 11.9. The predicted octanol–water partition coefficient (Wildman–Crippen LogP) is 2.60. The maximum atomic E-state index is 12.0. The Morgan fingerprint density at radius 1 is 1.38 bits per heavy atom. The fraction of sp³-hybridized carbons (Fsp3) is 0.375. The summed E-state index contributed by atoms with van der Waals surface area (Å²) in [6.45, 7) is 2.36. The summed E-state index contributed by atoms with van der Waals surface area (Å²) in [6, 6.07) is 7.25. The van der Waals surface area contributed by atoms with Crippen molar-refractivity contribution in [2.75, 3.05) is 6.61 Å². The van der Waals surface area contributed by atoms with E-state index in [9.17, 15) is 4.79 Å². The molecule has 0 bridgehead atoms. The van der Waals surface area contributed by atoms with Crippen LogP contribution in [0.4, 0.5) is 0 Å². The topological polar surface area (TPSA) is 53.4 Å². The lowest BCUT2D eigenvalue weighted by Gasteiger charge is -2.11. The summed E-state index contributed by atoms with van der Waals surface area (Å²) in [4.78, 5) is 16.0. The van der Waals surface area contributed by atoms with E-state index in [4.69, 9.17) is 9.47 Å². The Morgan fingerprint density at radius 2 is 2.19 bits per heavy atom. The van der Waals surface area contributed by atoms with Crippen LogP contribution in [0.15, 0.2) is 43.0 Å². The number of carbonyl (C=O) groups excluding carboxylic acids is 1. The van der Waals surface area contributed by atoms with Crippen LogP contribution in [0, 0.1) is 0 Å². The zero-order chi connectivity index (χ0) is 14.7. The van der Waals surface area contributed by atoms with Gasteiger partial charge in [0.05, 0.1) is 24.1 Å². The van der Waals surface area contributed by atoms with Gasteiger partial charge in [-0.3, -0.25) is 0 Å². The highest BCUT2D eigenvalue weighted by molar-refractivity contribution is 5.89. The Kier molecular flexibility index (Phi) is 4.01. The van der Waals surface area contributed by atoms with Gasteiger partial charge in [-0.25, -0.2) is 9.78 Å². The standard InChI is InChI=1S/C16H18N2O3/c1-12-2-7-15(21-12)10-20-16(19)13-3-5-14(6-4-13)18-9-8-17-11-18/h3-6,8-9,11-12,15H,2,7,10H2,1H3/t12-,15-/m1/s1. The van der Waals surface area contributed by atoms with Crippen LogP contribution in [0.2, 0.25) is 0 Å². The molecule has 1 aliphatic rings. The molecule has 0 amide bonds. The molecule has 1 aromatic carbocycles. The van der Waals surface area contributed by atoms with Crippen LogP contribution in [-0.4, -0.2) is 34.3 Å². The van der Waals surface area contributed by atoms with Crippen LogP contribution in [-0.2, 0) is 9.47 Å². The van der Waals surface area contributed by atoms with Gasteiger partial charge in [0.1, 0.15) is 6.61 Å². The molecule has 1 aromatic heterocycles. The molecule has 3 rings (SSSR count). The van der Waals surface area contributed by atoms with E-state index in [2.05, 4.69) is 4.98 Å². The van der Waals surface area contributed by atoms with Gasteiger partial charge in [0.2, 0.25) is 0 Å². The van der Waals surface area contributed by atoms with E-state index in [1.807, 2.05) is 29.8 Å². The molecule has 2 aromatic rings. The average Bonchev–Trinajstić information content (AvgIpc) is 3.16. The number of rotatable bonds is 4. The molecule has 1 saturated heterocycles. The number of nitrogens with zero attached hydrogens (tertiary/aromatic N) is 2. The minimum atomic E-state index is -0.310. The monoisotopic (exact) mass is 286 g/mol. The van der Waals surface area contributed by atoms with Crippen molar-refractivity contribution >= 4 is 5.97 Å². The van der Waals surface area contributed by atoms with Crippen molar-refractivity contribution in [1.82, 2.24) is 9.55 Å². The van der Waals surface area contributed by atoms with E-state index >= 15 is 0 Å². The van der Waals surface area contributed by atoms with Crippen molar-refractivity contribution in [3.05, 3.63) is 48.5 Å². The number of esters is 1. The van der Waals surface area contributed by atoms with E-state index in [1.165, 1.54) is 0 Å². The molecule has 21 heavy (non-hydrogen) atoms. The van der Waals surface area contributed by atoms with Crippen molar-refractivity contribution in [1.29, 1.82) is 0 Å². The van der Waals surface area contributed by atoms with Crippen molar-refractivity contribution in [3.8, 4) is 5.69 Å². The van der Waals surface area contributed by atoms with Gasteiger partial charge >= 0.3 is 5.97 Å². The SMILES string of the molecule is C[C@@H]1CC[C@H](COC(=O)c2ccc(-n3ccnc3)cc2)O1. The molecule has 5 heteroatoms. The van der Waals surface area contributed by atoms with Gasteiger partial charge < -0.3 is 14.0 Å². The van der Waals surface area contributed by atoms with Gasteiger partial charge in [0.25, 0.3) is 0 Å². The number of benzene rings is 1. The fourth-order valence-corrected chi connectivity index (χ4v) is 2.44. The third-order valence-electron chi connectivity index (χ3n) is 3.63. The lowest BCUT2D eigenvalue weighted by atomic mass is 10.2. The van der Waals surface area contributed by atoms with Gasteiger partial charge in [-0.05, 0) is 44.0 Å². The van der Waals surface area contributed by atoms with E-state index < -0.39 is 0 Å². The summed E-state index contributed by atoms with van der Waals surface area (Å²) in [5, 5.41) is 0. The lowest BCUT2D eigenvalue weighted by molar-refractivity contribution is -0.00265. The van der Waals surface area contributed by atoms with Gasteiger partial charge in [-0.2, -0.15) is 0 Å². The van der Waals surface area contributed by atoms with Crippen molar-refractivity contribution in [3.63, 3.8) is 0 Å². The normalized spacial score (nSPS) is 21.4. The second-order valence-electron chi connectivity index (χ2n) is 5.26.